The smallest absolute Gasteiger partial charge is 0.261 e. The second-order valence-electron chi connectivity index (χ2n) is 5.59. The van der Waals surface area contributed by atoms with Gasteiger partial charge in [0.25, 0.3) is 6.43 Å². The van der Waals surface area contributed by atoms with E-state index in [1.54, 1.807) is 0 Å². The molecule has 0 aromatic heterocycles. The van der Waals surface area contributed by atoms with Gasteiger partial charge in [-0.25, -0.2) is 8.78 Å². The Kier molecular flexibility index (Phi) is 4.94. The van der Waals surface area contributed by atoms with Crippen LogP contribution < -0.4 is 10.1 Å². The second-order valence-corrected chi connectivity index (χ2v) is 5.59. The number of halogens is 2. The molecule has 1 heterocycles. The summed E-state index contributed by atoms with van der Waals surface area (Å²) in [6.07, 6.45) is -1.49. The van der Waals surface area contributed by atoms with Crippen LogP contribution in [-0.2, 0) is 17.7 Å². The predicted molar refractivity (Wildman–Crippen MR) is 73.4 cm³/mol. The minimum absolute atomic E-state index is 0.154. The summed E-state index contributed by atoms with van der Waals surface area (Å²) in [6, 6.07) is 6.13. The number of alkyl halides is 2. The van der Waals surface area contributed by atoms with Crippen LogP contribution in [0.2, 0.25) is 0 Å². The average Bonchev–Trinajstić information content (AvgIpc) is 2.67. The maximum absolute atomic E-state index is 11.9. The monoisotopic (exact) mass is 285 g/mol. The molecular formula is C15H21F2NO2. The van der Waals surface area contributed by atoms with Crippen molar-refractivity contribution in [3.8, 4) is 5.75 Å². The standard InChI is InChI=1S/C15H21F2NO2/c1-15(2)8-11-4-3-5-12(14(11)20-15)9-18-6-7-19-10-13(16)17/h3-5,13,18H,6-10H2,1-2H3. The highest BCUT2D eigenvalue weighted by Gasteiger charge is 2.31. The zero-order valence-electron chi connectivity index (χ0n) is 11.9. The first kappa shape index (κ1) is 15.2. The molecule has 1 aliphatic heterocycles. The zero-order chi connectivity index (χ0) is 14.6. The number of hydrogen-bond acceptors (Lipinski definition) is 3. The second kappa shape index (κ2) is 6.50. The Morgan fingerprint density at radius 2 is 2.20 bits per heavy atom. The van der Waals surface area contributed by atoms with Crippen LogP contribution in [0.4, 0.5) is 8.78 Å². The van der Waals surface area contributed by atoms with E-state index in [2.05, 4.69) is 25.2 Å². The number of fused-ring (bicyclic) bond motifs is 1. The largest absolute Gasteiger partial charge is 0.487 e. The van der Waals surface area contributed by atoms with Gasteiger partial charge in [-0.2, -0.15) is 0 Å². The Hall–Kier alpha value is -1.20. The van der Waals surface area contributed by atoms with Crippen LogP contribution >= 0.6 is 0 Å². The number of para-hydroxylation sites is 1. The molecule has 0 aliphatic carbocycles. The van der Waals surface area contributed by atoms with Gasteiger partial charge >= 0.3 is 0 Å². The summed E-state index contributed by atoms with van der Waals surface area (Å²) in [4.78, 5) is 0. The van der Waals surface area contributed by atoms with Gasteiger partial charge in [0, 0.05) is 25.1 Å². The van der Waals surface area contributed by atoms with Crippen molar-refractivity contribution < 1.29 is 18.3 Å². The minimum Gasteiger partial charge on any atom is -0.487 e. The molecule has 1 aromatic carbocycles. The van der Waals surface area contributed by atoms with Gasteiger partial charge in [0.05, 0.1) is 6.61 Å². The van der Waals surface area contributed by atoms with Gasteiger partial charge in [0.1, 0.15) is 18.0 Å². The van der Waals surface area contributed by atoms with Crippen LogP contribution in [0, 0.1) is 0 Å². The lowest BCUT2D eigenvalue weighted by atomic mass is 10.0. The number of nitrogens with one attached hydrogen (secondary N) is 1. The number of ether oxygens (including phenoxy) is 2. The van der Waals surface area contributed by atoms with Gasteiger partial charge < -0.3 is 14.8 Å². The highest BCUT2D eigenvalue weighted by Crippen LogP contribution is 2.37. The lowest BCUT2D eigenvalue weighted by molar-refractivity contribution is 0.0187. The summed E-state index contributed by atoms with van der Waals surface area (Å²) in [5.74, 6) is 0.957. The minimum atomic E-state index is -2.40. The van der Waals surface area contributed by atoms with E-state index >= 15 is 0 Å². The molecule has 3 nitrogen and oxygen atoms in total. The maximum atomic E-state index is 11.9. The summed E-state index contributed by atoms with van der Waals surface area (Å²) in [5.41, 5.74) is 2.17. The first-order valence-electron chi connectivity index (χ1n) is 6.84. The van der Waals surface area contributed by atoms with Crippen LogP contribution in [0.25, 0.3) is 0 Å². The number of benzene rings is 1. The topological polar surface area (TPSA) is 30.5 Å². The summed E-state index contributed by atoms with van der Waals surface area (Å²) < 4.78 is 34.5. The molecule has 0 radical (unpaired) electrons. The summed E-state index contributed by atoms with van der Waals surface area (Å²) in [7, 11) is 0. The van der Waals surface area contributed by atoms with E-state index in [-0.39, 0.29) is 12.2 Å². The van der Waals surface area contributed by atoms with Crippen molar-refractivity contribution in [2.24, 2.45) is 0 Å². The van der Waals surface area contributed by atoms with Crippen molar-refractivity contribution in [1.82, 2.24) is 5.32 Å². The van der Waals surface area contributed by atoms with Gasteiger partial charge in [-0.15, -0.1) is 0 Å². The van der Waals surface area contributed by atoms with E-state index in [0.29, 0.717) is 13.1 Å². The van der Waals surface area contributed by atoms with E-state index in [4.69, 9.17) is 9.47 Å². The molecule has 0 bridgehead atoms. The molecule has 112 valence electrons. The molecule has 0 amide bonds. The summed E-state index contributed by atoms with van der Waals surface area (Å²) in [6.45, 7) is 5.12. The lowest BCUT2D eigenvalue weighted by Gasteiger charge is -2.18. The molecule has 0 atom stereocenters. The fourth-order valence-corrected chi connectivity index (χ4v) is 2.36. The highest BCUT2D eigenvalue weighted by atomic mass is 19.3. The first-order chi connectivity index (χ1) is 9.48. The van der Waals surface area contributed by atoms with Crippen molar-refractivity contribution in [3.05, 3.63) is 29.3 Å². The third kappa shape index (κ3) is 4.15. The predicted octanol–water partition coefficient (Wildman–Crippen LogP) is 2.77. The molecule has 1 aliphatic rings. The lowest BCUT2D eigenvalue weighted by Crippen LogP contribution is -2.25. The molecule has 0 fully saturated rings. The highest BCUT2D eigenvalue weighted by molar-refractivity contribution is 5.45. The molecular weight excluding hydrogens is 264 g/mol. The molecule has 1 aromatic rings. The van der Waals surface area contributed by atoms with Gasteiger partial charge in [0.2, 0.25) is 0 Å². The fraction of sp³-hybridized carbons (Fsp3) is 0.600. The Morgan fingerprint density at radius 3 is 2.95 bits per heavy atom. The van der Waals surface area contributed by atoms with Crippen molar-refractivity contribution in [1.29, 1.82) is 0 Å². The third-order valence-electron chi connectivity index (χ3n) is 3.16. The average molecular weight is 285 g/mol. The van der Waals surface area contributed by atoms with Gasteiger partial charge in [-0.3, -0.25) is 0 Å². The zero-order valence-corrected chi connectivity index (χ0v) is 11.9. The van der Waals surface area contributed by atoms with Crippen molar-refractivity contribution in [3.63, 3.8) is 0 Å². The molecule has 2 rings (SSSR count). The number of hydrogen-bond donors (Lipinski definition) is 1. The van der Waals surface area contributed by atoms with Crippen LogP contribution in [0.1, 0.15) is 25.0 Å². The molecule has 1 N–H and O–H groups in total. The van der Waals surface area contributed by atoms with Crippen LogP contribution in [0.5, 0.6) is 5.75 Å². The Labute approximate surface area is 118 Å². The first-order valence-corrected chi connectivity index (χ1v) is 6.84. The molecule has 20 heavy (non-hydrogen) atoms. The van der Waals surface area contributed by atoms with E-state index < -0.39 is 13.0 Å². The van der Waals surface area contributed by atoms with E-state index in [9.17, 15) is 8.78 Å². The molecule has 0 saturated carbocycles. The van der Waals surface area contributed by atoms with Gasteiger partial charge in [-0.1, -0.05) is 18.2 Å². The van der Waals surface area contributed by atoms with Crippen LogP contribution in [0.3, 0.4) is 0 Å². The normalized spacial score (nSPS) is 16.2. The van der Waals surface area contributed by atoms with E-state index in [1.165, 1.54) is 5.56 Å². The SMILES string of the molecule is CC1(C)Cc2cccc(CNCCOCC(F)F)c2O1. The van der Waals surface area contributed by atoms with Gasteiger partial charge in [-0.05, 0) is 19.4 Å². The quantitative estimate of drug-likeness (QED) is 0.781. The van der Waals surface area contributed by atoms with E-state index in [0.717, 1.165) is 17.7 Å². The van der Waals surface area contributed by atoms with Gasteiger partial charge in [0.15, 0.2) is 0 Å². The molecule has 0 spiro atoms. The van der Waals surface area contributed by atoms with Crippen LogP contribution in [-0.4, -0.2) is 31.8 Å². The Morgan fingerprint density at radius 1 is 1.40 bits per heavy atom. The summed E-state index contributed by atoms with van der Waals surface area (Å²) >= 11 is 0. The summed E-state index contributed by atoms with van der Waals surface area (Å²) in [5, 5.41) is 3.18. The van der Waals surface area contributed by atoms with Crippen molar-refractivity contribution in [2.45, 2.75) is 38.8 Å². The fourth-order valence-electron chi connectivity index (χ4n) is 2.36. The van der Waals surface area contributed by atoms with Crippen molar-refractivity contribution in [2.75, 3.05) is 19.8 Å². The Balaban J connectivity index is 1.79. The maximum Gasteiger partial charge on any atom is 0.261 e. The Bertz CT molecular complexity index is 449. The van der Waals surface area contributed by atoms with Crippen LogP contribution in [0.15, 0.2) is 18.2 Å². The van der Waals surface area contributed by atoms with E-state index in [1.807, 2.05) is 12.1 Å². The number of rotatable bonds is 7. The molecule has 0 unspecified atom stereocenters. The molecule has 5 heteroatoms. The molecule has 0 saturated heterocycles. The third-order valence-corrected chi connectivity index (χ3v) is 3.16. The van der Waals surface area contributed by atoms with Crippen molar-refractivity contribution >= 4 is 0 Å².